The quantitative estimate of drug-likeness (QED) is 0.858. The molecule has 1 aromatic heterocycles. The summed E-state index contributed by atoms with van der Waals surface area (Å²) in [5, 5.41) is 10.8. The Labute approximate surface area is 88.2 Å². The highest BCUT2D eigenvalue weighted by Gasteiger charge is 2.16. The van der Waals surface area contributed by atoms with Gasteiger partial charge in [-0.1, -0.05) is 0 Å². The predicted molar refractivity (Wildman–Crippen MR) is 51.0 cm³/mol. The summed E-state index contributed by atoms with van der Waals surface area (Å²) in [4.78, 5) is 21.7. The summed E-state index contributed by atoms with van der Waals surface area (Å²) in [5.41, 5.74) is 0.282. The summed E-state index contributed by atoms with van der Waals surface area (Å²) >= 11 is 3.03. The van der Waals surface area contributed by atoms with Crippen molar-refractivity contribution in [3.8, 4) is 0 Å². The average Bonchev–Trinajstić information content (AvgIpc) is 2.51. The van der Waals surface area contributed by atoms with Crippen molar-refractivity contribution in [2.24, 2.45) is 0 Å². The monoisotopic (exact) mass is 261 g/mol. The molecule has 1 heterocycles. The fourth-order valence-electron chi connectivity index (χ4n) is 0.771. The van der Waals surface area contributed by atoms with Gasteiger partial charge in [-0.25, -0.2) is 0 Å². The number of hydrogen-bond donors (Lipinski definition) is 2. The Morgan fingerprint density at radius 2 is 2.29 bits per heavy atom. The number of carboxylic acids is 1. The predicted octanol–water partition coefficient (Wildman–Crippen LogP) is 1.25. The van der Waals surface area contributed by atoms with E-state index in [2.05, 4.69) is 21.2 Å². The van der Waals surface area contributed by atoms with Crippen LogP contribution in [0.5, 0.6) is 0 Å². The van der Waals surface area contributed by atoms with Gasteiger partial charge in [0.1, 0.15) is 12.3 Å². The number of nitrogens with one attached hydrogen (secondary N) is 1. The van der Waals surface area contributed by atoms with Crippen molar-refractivity contribution in [3.05, 3.63) is 22.6 Å². The van der Waals surface area contributed by atoms with E-state index in [1.165, 1.54) is 19.3 Å². The third-order valence-electron chi connectivity index (χ3n) is 1.55. The van der Waals surface area contributed by atoms with E-state index < -0.39 is 17.9 Å². The number of halogens is 1. The standard InChI is InChI=1S/C8H8BrNO4/c1-4(8(12)13)10-7(11)5-2-6(9)14-3-5/h2-4H,1H3,(H,10,11)(H,12,13)/t4-/m1/s1. The summed E-state index contributed by atoms with van der Waals surface area (Å²) in [6, 6.07) is 0.542. The number of amides is 1. The Kier molecular flexibility index (Phi) is 3.29. The van der Waals surface area contributed by atoms with Gasteiger partial charge in [-0.2, -0.15) is 0 Å². The maximum atomic E-state index is 11.3. The van der Waals surface area contributed by atoms with E-state index in [0.717, 1.165) is 0 Å². The van der Waals surface area contributed by atoms with Crippen LogP contribution in [0, 0.1) is 0 Å². The molecule has 76 valence electrons. The van der Waals surface area contributed by atoms with Gasteiger partial charge in [0.2, 0.25) is 0 Å². The largest absolute Gasteiger partial charge is 0.480 e. The molecule has 6 heteroatoms. The van der Waals surface area contributed by atoms with E-state index in [1.807, 2.05) is 0 Å². The molecular formula is C8H8BrNO4. The second-order valence-corrected chi connectivity index (χ2v) is 3.45. The first kappa shape index (κ1) is 10.8. The molecule has 0 saturated carbocycles. The van der Waals surface area contributed by atoms with E-state index in [4.69, 9.17) is 9.52 Å². The van der Waals surface area contributed by atoms with Gasteiger partial charge in [0, 0.05) is 6.07 Å². The first-order chi connectivity index (χ1) is 6.50. The van der Waals surface area contributed by atoms with E-state index in [0.29, 0.717) is 4.67 Å². The lowest BCUT2D eigenvalue weighted by molar-refractivity contribution is -0.138. The number of rotatable bonds is 3. The van der Waals surface area contributed by atoms with Gasteiger partial charge in [0.15, 0.2) is 4.67 Å². The lowest BCUT2D eigenvalue weighted by atomic mass is 10.3. The summed E-state index contributed by atoms with van der Waals surface area (Å²) < 4.78 is 5.26. The van der Waals surface area contributed by atoms with Gasteiger partial charge in [0.25, 0.3) is 5.91 Å². The third-order valence-corrected chi connectivity index (χ3v) is 1.96. The molecule has 0 unspecified atom stereocenters. The molecule has 1 atom stereocenters. The van der Waals surface area contributed by atoms with Gasteiger partial charge in [-0.3, -0.25) is 9.59 Å². The van der Waals surface area contributed by atoms with Crippen molar-refractivity contribution >= 4 is 27.8 Å². The van der Waals surface area contributed by atoms with Crippen LogP contribution in [0.3, 0.4) is 0 Å². The van der Waals surface area contributed by atoms with Crippen molar-refractivity contribution < 1.29 is 19.1 Å². The molecule has 0 fully saturated rings. The van der Waals surface area contributed by atoms with Crippen LogP contribution in [0.1, 0.15) is 17.3 Å². The van der Waals surface area contributed by atoms with Crippen LogP contribution in [-0.4, -0.2) is 23.0 Å². The van der Waals surface area contributed by atoms with Crippen LogP contribution >= 0.6 is 15.9 Å². The van der Waals surface area contributed by atoms with Crippen molar-refractivity contribution in [1.29, 1.82) is 0 Å². The Bertz CT molecular complexity index is 360. The molecule has 0 aromatic carbocycles. The minimum absolute atomic E-state index is 0.282. The summed E-state index contributed by atoms with van der Waals surface area (Å²) in [6.45, 7) is 1.38. The number of carbonyl (C=O) groups excluding carboxylic acids is 1. The van der Waals surface area contributed by atoms with Crippen LogP contribution in [0.15, 0.2) is 21.4 Å². The maximum absolute atomic E-state index is 11.3. The molecule has 0 bridgehead atoms. The Morgan fingerprint density at radius 1 is 1.64 bits per heavy atom. The highest BCUT2D eigenvalue weighted by atomic mass is 79.9. The fourth-order valence-corrected chi connectivity index (χ4v) is 1.11. The molecule has 14 heavy (non-hydrogen) atoms. The van der Waals surface area contributed by atoms with E-state index >= 15 is 0 Å². The Hall–Kier alpha value is -1.30. The Morgan fingerprint density at radius 3 is 2.71 bits per heavy atom. The number of hydrogen-bond acceptors (Lipinski definition) is 3. The number of carboxylic acid groups (broad SMARTS) is 1. The highest BCUT2D eigenvalue weighted by Crippen LogP contribution is 2.13. The van der Waals surface area contributed by atoms with E-state index in [9.17, 15) is 9.59 Å². The minimum Gasteiger partial charge on any atom is -0.480 e. The molecule has 1 rings (SSSR count). The molecule has 0 aliphatic heterocycles. The van der Waals surface area contributed by atoms with Gasteiger partial charge in [-0.15, -0.1) is 0 Å². The molecule has 2 N–H and O–H groups in total. The zero-order valence-corrected chi connectivity index (χ0v) is 8.87. The number of carbonyl (C=O) groups is 2. The van der Waals surface area contributed by atoms with E-state index in [-0.39, 0.29) is 5.56 Å². The smallest absolute Gasteiger partial charge is 0.325 e. The normalized spacial score (nSPS) is 12.1. The summed E-state index contributed by atoms with van der Waals surface area (Å²) in [5.74, 6) is -1.56. The highest BCUT2D eigenvalue weighted by molar-refractivity contribution is 9.10. The van der Waals surface area contributed by atoms with Crippen molar-refractivity contribution in [2.45, 2.75) is 13.0 Å². The van der Waals surface area contributed by atoms with Crippen LogP contribution in [0.2, 0.25) is 0 Å². The zero-order valence-electron chi connectivity index (χ0n) is 7.28. The molecule has 1 aromatic rings. The van der Waals surface area contributed by atoms with Gasteiger partial charge >= 0.3 is 5.97 Å². The second-order valence-electron chi connectivity index (χ2n) is 2.67. The Balaban J connectivity index is 2.63. The molecule has 5 nitrogen and oxygen atoms in total. The van der Waals surface area contributed by atoms with Gasteiger partial charge in [-0.05, 0) is 22.9 Å². The SMILES string of the molecule is C[C@@H](NC(=O)c1coc(Br)c1)C(=O)O. The second kappa shape index (κ2) is 4.28. The van der Waals surface area contributed by atoms with Gasteiger partial charge in [0.05, 0.1) is 5.56 Å². The molecule has 0 radical (unpaired) electrons. The number of aliphatic carboxylic acids is 1. The topological polar surface area (TPSA) is 79.5 Å². The summed E-state index contributed by atoms with van der Waals surface area (Å²) in [7, 11) is 0. The summed E-state index contributed by atoms with van der Waals surface area (Å²) in [6.07, 6.45) is 1.24. The molecule has 0 spiro atoms. The minimum atomic E-state index is -1.08. The molecule has 1 amide bonds. The number of furan rings is 1. The maximum Gasteiger partial charge on any atom is 0.325 e. The van der Waals surface area contributed by atoms with Gasteiger partial charge < -0.3 is 14.8 Å². The average molecular weight is 262 g/mol. The van der Waals surface area contributed by atoms with Crippen molar-refractivity contribution in [3.63, 3.8) is 0 Å². The third kappa shape index (κ3) is 2.59. The van der Waals surface area contributed by atoms with Crippen LogP contribution in [0.4, 0.5) is 0 Å². The molecule has 0 aliphatic rings. The molecule has 0 aliphatic carbocycles. The van der Waals surface area contributed by atoms with Crippen LogP contribution in [0.25, 0.3) is 0 Å². The van der Waals surface area contributed by atoms with Crippen molar-refractivity contribution in [1.82, 2.24) is 5.32 Å². The van der Waals surface area contributed by atoms with Crippen molar-refractivity contribution in [2.75, 3.05) is 0 Å². The van der Waals surface area contributed by atoms with Crippen LogP contribution in [-0.2, 0) is 4.79 Å². The molecular weight excluding hydrogens is 254 g/mol. The lowest BCUT2D eigenvalue weighted by Crippen LogP contribution is -2.38. The zero-order chi connectivity index (χ0) is 10.7. The van der Waals surface area contributed by atoms with Crippen LogP contribution < -0.4 is 5.32 Å². The lowest BCUT2D eigenvalue weighted by Gasteiger charge is -2.06. The molecule has 0 saturated heterocycles. The fraction of sp³-hybridized carbons (Fsp3) is 0.250. The first-order valence-corrected chi connectivity index (χ1v) is 4.57. The first-order valence-electron chi connectivity index (χ1n) is 3.78. The van der Waals surface area contributed by atoms with E-state index in [1.54, 1.807) is 0 Å².